The predicted molar refractivity (Wildman–Crippen MR) is 124 cm³/mol. The number of nitro benzene ring substituents is 2. The van der Waals surface area contributed by atoms with Gasteiger partial charge in [0.15, 0.2) is 0 Å². The molecule has 4 rings (SSSR count). The van der Waals surface area contributed by atoms with E-state index in [-0.39, 0.29) is 34.3 Å². The molecule has 2 aromatic rings. The van der Waals surface area contributed by atoms with Crippen molar-refractivity contribution in [2.45, 2.75) is 45.7 Å². The molecule has 2 fully saturated rings. The standard InChI is InChI=1S/C24H26N4O4/c1-23(2)20-12-13-24(23,3)22(26-15-17-6-10-19(11-7-17)28(31)32)21(20)25-14-16-4-8-18(9-5-16)27(29)30/h4-11,14-15,20-22H,12-13H2,1-3H3/t20-,21-,22-,24+/m1/s1. The van der Waals surface area contributed by atoms with Crippen LogP contribution in [-0.4, -0.2) is 34.4 Å². The van der Waals surface area contributed by atoms with E-state index in [0.29, 0.717) is 5.92 Å². The van der Waals surface area contributed by atoms with E-state index in [1.54, 1.807) is 36.7 Å². The van der Waals surface area contributed by atoms with Gasteiger partial charge in [-0.05, 0) is 65.0 Å². The Bertz CT molecular complexity index is 1090. The van der Waals surface area contributed by atoms with Gasteiger partial charge in [0.2, 0.25) is 0 Å². The number of non-ortho nitro benzene ring substituents is 2. The van der Waals surface area contributed by atoms with Crippen LogP contribution in [0.5, 0.6) is 0 Å². The van der Waals surface area contributed by atoms with Crippen LogP contribution in [0.1, 0.15) is 44.7 Å². The summed E-state index contributed by atoms with van der Waals surface area (Å²) in [4.78, 5) is 30.8. The van der Waals surface area contributed by atoms with Gasteiger partial charge in [0.1, 0.15) is 0 Å². The molecule has 4 atom stereocenters. The Labute approximate surface area is 186 Å². The van der Waals surface area contributed by atoms with Crippen molar-refractivity contribution < 1.29 is 9.85 Å². The molecule has 0 aromatic heterocycles. The summed E-state index contributed by atoms with van der Waals surface area (Å²) >= 11 is 0. The van der Waals surface area contributed by atoms with Crippen molar-refractivity contribution in [2.24, 2.45) is 26.7 Å². The summed E-state index contributed by atoms with van der Waals surface area (Å²) in [5, 5.41) is 21.8. The minimum absolute atomic E-state index is 0.00752. The highest BCUT2D eigenvalue weighted by molar-refractivity contribution is 5.81. The summed E-state index contributed by atoms with van der Waals surface area (Å²) in [6.07, 6.45) is 5.76. The van der Waals surface area contributed by atoms with E-state index < -0.39 is 9.85 Å². The molecule has 0 N–H and O–H groups in total. The lowest BCUT2D eigenvalue weighted by Gasteiger charge is -2.37. The number of benzene rings is 2. The zero-order chi connectivity index (χ0) is 23.1. The summed E-state index contributed by atoms with van der Waals surface area (Å²) in [6, 6.07) is 12.8. The molecule has 32 heavy (non-hydrogen) atoms. The molecule has 8 heteroatoms. The van der Waals surface area contributed by atoms with Crippen LogP contribution >= 0.6 is 0 Å². The van der Waals surface area contributed by atoms with Crippen molar-refractivity contribution >= 4 is 23.8 Å². The minimum Gasteiger partial charge on any atom is -0.287 e. The highest BCUT2D eigenvalue weighted by atomic mass is 16.6. The van der Waals surface area contributed by atoms with Crippen LogP contribution in [0.3, 0.4) is 0 Å². The molecular formula is C24H26N4O4. The highest BCUT2D eigenvalue weighted by Crippen LogP contribution is 2.67. The van der Waals surface area contributed by atoms with Crippen LogP contribution < -0.4 is 0 Å². The molecule has 0 aliphatic heterocycles. The quantitative estimate of drug-likeness (QED) is 0.352. The van der Waals surface area contributed by atoms with Crippen molar-refractivity contribution in [1.29, 1.82) is 0 Å². The van der Waals surface area contributed by atoms with Gasteiger partial charge in [-0.3, -0.25) is 30.2 Å². The Hall–Kier alpha value is -3.42. The van der Waals surface area contributed by atoms with Gasteiger partial charge in [0.25, 0.3) is 11.4 Å². The third-order valence-corrected chi connectivity index (χ3v) is 7.75. The average molecular weight is 434 g/mol. The third kappa shape index (κ3) is 3.59. The molecule has 166 valence electrons. The van der Waals surface area contributed by atoms with Gasteiger partial charge < -0.3 is 0 Å². The van der Waals surface area contributed by atoms with Crippen LogP contribution in [0.2, 0.25) is 0 Å². The lowest BCUT2D eigenvalue weighted by Crippen LogP contribution is -2.38. The maximum absolute atomic E-state index is 10.9. The van der Waals surface area contributed by atoms with E-state index in [4.69, 9.17) is 9.98 Å². The fourth-order valence-electron chi connectivity index (χ4n) is 5.43. The highest BCUT2D eigenvalue weighted by Gasteiger charge is 2.66. The molecule has 2 aromatic carbocycles. The molecule has 2 aliphatic carbocycles. The molecule has 0 spiro atoms. The van der Waals surface area contributed by atoms with Crippen molar-refractivity contribution in [3.05, 3.63) is 79.9 Å². The average Bonchev–Trinajstić information content (AvgIpc) is 3.09. The monoisotopic (exact) mass is 434 g/mol. The van der Waals surface area contributed by atoms with Gasteiger partial charge in [-0.15, -0.1) is 0 Å². The van der Waals surface area contributed by atoms with Crippen molar-refractivity contribution in [3.63, 3.8) is 0 Å². The molecule has 0 unspecified atom stereocenters. The van der Waals surface area contributed by atoms with Gasteiger partial charge in [-0.2, -0.15) is 0 Å². The molecule has 0 heterocycles. The molecule has 2 bridgehead atoms. The molecule has 2 aliphatic rings. The largest absolute Gasteiger partial charge is 0.287 e. The van der Waals surface area contributed by atoms with E-state index in [2.05, 4.69) is 20.8 Å². The number of hydrogen-bond donors (Lipinski definition) is 0. The number of nitro groups is 2. The van der Waals surface area contributed by atoms with E-state index >= 15 is 0 Å². The SMILES string of the molecule is CC1(C)[C@@H]2CC[C@@]1(C)[C@H](N=Cc1ccc([N+](=O)[O-])cc1)[C@@H]2N=Cc1ccc([N+](=O)[O-])cc1. The Balaban J connectivity index is 1.61. The van der Waals surface area contributed by atoms with Crippen LogP contribution in [0, 0.1) is 37.0 Å². The summed E-state index contributed by atoms with van der Waals surface area (Å²) in [5.41, 5.74) is 1.81. The first-order valence-corrected chi connectivity index (χ1v) is 10.7. The van der Waals surface area contributed by atoms with Crippen LogP contribution in [-0.2, 0) is 0 Å². The van der Waals surface area contributed by atoms with E-state index in [0.717, 1.165) is 24.0 Å². The van der Waals surface area contributed by atoms with Crippen LogP contribution in [0.15, 0.2) is 58.5 Å². The first-order chi connectivity index (χ1) is 15.1. The van der Waals surface area contributed by atoms with Crippen molar-refractivity contribution in [2.75, 3.05) is 0 Å². The van der Waals surface area contributed by atoms with Gasteiger partial charge in [-0.1, -0.05) is 20.8 Å². The Kier molecular flexibility index (Phi) is 5.40. The van der Waals surface area contributed by atoms with E-state index in [1.807, 2.05) is 0 Å². The third-order valence-electron chi connectivity index (χ3n) is 7.75. The summed E-state index contributed by atoms with van der Waals surface area (Å²) in [6.45, 7) is 6.87. The number of aliphatic imine (C=N–C) groups is 2. The van der Waals surface area contributed by atoms with E-state index in [1.165, 1.54) is 24.3 Å². The lowest BCUT2D eigenvalue weighted by molar-refractivity contribution is -0.385. The maximum Gasteiger partial charge on any atom is 0.269 e. The first-order valence-electron chi connectivity index (χ1n) is 10.7. The zero-order valence-corrected chi connectivity index (χ0v) is 18.3. The topological polar surface area (TPSA) is 111 Å². The Morgan fingerprint density at radius 2 is 1.31 bits per heavy atom. The fraction of sp³-hybridized carbons (Fsp3) is 0.417. The van der Waals surface area contributed by atoms with Crippen LogP contribution in [0.4, 0.5) is 11.4 Å². The first kappa shape index (κ1) is 21.8. The molecule has 8 nitrogen and oxygen atoms in total. The smallest absolute Gasteiger partial charge is 0.269 e. The zero-order valence-electron chi connectivity index (χ0n) is 18.3. The summed E-state index contributed by atoms with van der Waals surface area (Å²) in [5.74, 6) is 0.390. The number of nitrogens with zero attached hydrogens (tertiary/aromatic N) is 4. The maximum atomic E-state index is 10.9. The summed E-state index contributed by atoms with van der Waals surface area (Å²) < 4.78 is 0. The second-order valence-corrected chi connectivity index (χ2v) is 9.47. The van der Waals surface area contributed by atoms with Crippen molar-refractivity contribution in [1.82, 2.24) is 0 Å². The second kappa shape index (κ2) is 7.93. The minimum atomic E-state index is -0.414. The Morgan fingerprint density at radius 1 is 0.844 bits per heavy atom. The molecule has 2 saturated carbocycles. The predicted octanol–water partition coefficient (Wildman–Crippen LogP) is 5.23. The molecule has 0 saturated heterocycles. The number of rotatable bonds is 6. The van der Waals surface area contributed by atoms with Gasteiger partial charge in [0, 0.05) is 36.7 Å². The number of hydrogen-bond acceptors (Lipinski definition) is 6. The molecular weight excluding hydrogens is 408 g/mol. The normalized spacial score (nSPS) is 28.5. The summed E-state index contributed by atoms with van der Waals surface area (Å²) in [7, 11) is 0. The lowest BCUT2D eigenvalue weighted by atomic mass is 9.69. The van der Waals surface area contributed by atoms with E-state index in [9.17, 15) is 20.2 Å². The Morgan fingerprint density at radius 3 is 1.78 bits per heavy atom. The fourth-order valence-corrected chi connectivity index (χ4v) is 5.43. The van der Waals surface area contributed by atoms with Crippen molar-refractivity contribution in [3.8, 4) is 0 Å². The van der Waals surface area contributed by atoms with Crippen LogP contribution in [0.25, 0.3) is 0 Å². The number of fused-ring (bicyclic) bond motifs is 2. The molecule has 0 radical (unpaired) electrons. The van der Waals surface area contributed by atoms with Gasteiger partial charge in [0.05, 0.1) is 21.9 Å². The van der Waals surface area contributed by atoms with Gasteiger partial charge in [-0.25, -0.2) is 0 Å². The molecule has 0 amide bonds. The van der Waals surface area contributed by atoms with Gasteiger partial charge >= 0.3 is 0 Å². The second-order valence-electron chi connectivity index (χ2n) is 9.47.